The number of hydrogen-bond acceptors (Lipinski definition) is 4. The fourth-order valence-corrected chi connectivity index (χ4v) is 10.4. The van der Waals surface area contributed by atoms with Crippen molar-refractivity contribution in [3.63, 3.8) is 0 Å². The number of carboxylic acids is 1. The van der Waals surface area contributed by atoms with Gasteiger partial charge in [0.05, 0.1) is 6.42 Å². The Hall–Kier alpha value is -2.57. The van der Waals surface area contributed by atoms with E-state index in [4.69, 9.17) is 9.53 Å². The summed E-state index contributed by atoms with van der Waals surface area (Å²) in [7, 11) is -2.63. The number of carboxylic acid groups (broad SMARTS) is 1. The Kier molecular flexibility index (Phi) is 5.94. The van der Waals surface area contributed by atoms with Crippen LogP contribution in [0.25, 0.3) is 0 Å². The summed E-state index contributed by atoms with van der Waals surface area (Å²) >= 11 is 0. The predicted molar refractivity (Wildman–Crippen MR) is 124 cm³/mol. The second kappa shape index (κ2) is 8.41. The minimum absolute atomic E-state index is 0.0514. The molecule has 2 fully saturated rings. The lowest BCUT2D eigenvalue weighted by Crippen LogP contribution is -2.67. The Morgan fingerprint density at radius 3 is 1.78 bits per heavy atom. The summed E-state index contributed by atoms with van der Waals surface area (Å²) in [6.07, 6.45) is 1.13. The molecule has 2 atom stereocenters. The van der Waals surface area contributed by atoms with Crippen LogP contribution >= 0.6 is 0 Å². The third-order valence-electron chi connectivity index (χ3n) is 7.11. The quantitative estimate of drug-likeness (QED) is 0.380. The Morgan fingerprint density at radius 2 is 1.38 bits per heavy atom. The van der Waals surface area contributed by atoms with Crippen LogP contribution in [0, 0.1) is 17.8 Å². The van der Waals surface area contributed by atoms with Crippen LogP contribution < -0.4 is 10.4 Å². The van der Waals surface area contributed by atoms with E-state index in [1.54, 1.807) is 0 Å². The van der Waals surface area contributed by atoms with Gasteiger partial charge in [0.15, 0.2) is 0 Å². The average molecular weight is 451 g/mol. The van der Waals surface area contributed by atoms with Gasteiger partial charge in [0.2, 0.25) is 5.78 Å². The predicted octanol–water partition coefficient (Wildman–Crippen LogP) is 3.20. The van der Waals surface area contributed by atoms with E-state index in [0.717, 1.165) is 12.8 Å². The summed E-state index contributed by atoms with van der Waals surface area (Å²) in [5.41, 5.74) is 0. The molecule has 1 N–H and O–H groups in total. The first-order valence-electron chi connectivity index (χ1n) is 11.2. The topological polar surface area (TPSA) is 80.7 Å². The highest BCUT2D eigenvalue weighted by Crippen LogP contribution is 2.59. The maximum atomic E-state index is 12.4. The molecule has 0 bridgehead atoms. The van der Waals surface area contributed by atoms with Gasteiger partial charge in [-0.05, 0) is 40.1 Å². The lowest BCUT2D eigenvalue weighted by atomic mass is 10.0. The summed E-state index contributed by atoms with van der Waals surface area (Å²) in [4.78, 5) is 34.6. The standard InChI is InChI=1S/C26H30O5Si/c1-26(2,3)32(18-10-6-4-7-11-18,19-12-8-5-9-13-19)31-17-14-20-21(15-17)24(20)22(27)16-23(28)25(29)30/h4-13,17,20-21,24H,14-16H2,1-3H3,(H,29,30). The molecule has 2 saturated carbocycles. The summed E-state index contributed by atoms with van der Waals surface area (Å²) in [6.45, 7) is 6.75. The highest BCUT2D eigenvalue weighted by atomic mass is 28.4. The number of aliphatic carboxylic acids is 1. The molecule has 0 aliphatic heterocycles. The molecular weight excluding hydrogens is 420 g/mol. The van der Waals surface area contributed by atoms with Gasteiger partial charge in [0.1, 0.15) is 5.78 Å². The lowest BCUT2D eigenvalue weighted by Gasteiger charge is -2.45. The van der Waals surface area contributed by atoms with Crippen molar-refractivity contribution >= 4 is 36.2 Å². The first-order chi connectivity index (χ1) is 15.1. The number of benzene rings is 2. The molecule has 5 nitrogen and oxygen atoms in total. The molecule has 0 aromatic heterocycles. The summed E-state index contributed by atoms with van der Waals surface area (Å²) < 4.78 is 7.15. The number of hydrogen-bond donors (Lipinski definition) is 1. The Bertz CT molecular complexity index is 960. The molecule has 0 saturated heterocycles. The number of carbonyl (C=O) groups is 3. The van der Waals surface area contributed by atoms with Crippen LogP contribution in [0.1, 0.15) is 40.0 Å². The van der Waals surface area contributed by atoms with Gasteiger partial charge < -0.3 is 9.53 Å². The van der Waals surface area contributed by atoms with Crippen LogP contribution in [0.2, 0.25) is 5.04 Å². The zero-order valence-corrected chi connectivity index (χ0v) is 19.8. The molecule has 6 heteroatoms. The number of rotatable bonds is 8. The fraction of sp³-hybridized carbons (Fsp3) is 0.423. The van der Waals surface area contributed by atoms with Gasteiger partial charge in [0, 0.05) is 12.0 Å². The summed E-state index contributed by atoms with van der Waals surface area (Å²) in [5, 5.41) is 11.1. The van der Waals surface area contributed by atoms with Crippen molar-refractivity contribution in [1.82, 2.24) is 0 Å². The molecule has 0 radical (unpaired) electrons. The van der Waals surface area contributed by atoms with Crippen LogP contribution in [-0.2, 0) is 18.8 Å². The monoisotopic (exact) mass is 450 g/mol. The van der Waals surface area contributed by atoms with E-state index in [2.05, 4.69) is 69.3 Å². The third-order valence-corrected chi connectivity index (χ3v) is 12.2. The van der Waals surface area contributed by atoms with Crippen molar-refractivity contribution in [2.45, 2.75) is 51.2 Å². The van der Waals surface area contributed by atoms with Crippen molar-refractivity contribution in [2.24, 2.45) is 17.8 Å². The number of carbonyl (C=O) groups excluding carboxylic acids is 2. The third kappa shape index (κ3) is 3.97. The first-order valence-corrected chi connectivity index (χ1v) is 13.1. The second-order valence-corrected chi connectivity index (χ2v) is 14.4. The maximum absolute atomic E-state index is 12.4. The molecule has 2 aliphatic rings. The molecule has 2 aromatic carbocycles. The molecule has 4 rings (SSSR count). The van der Waals surface area contributed by atoms with Gasteiger partial charge in [-0.3, -0.25) is 9.59 Å². The molecule has 168 valence electrons. The fourth-order valence-electron chi connectivity index (χ4n) is 5.66. The highest BCUT2D eigenvalue weighted by Gasteiger charge is 2.61. The number of ketones is 2. The van der Waals surface area contributed by atoms with Crippen LogP contribution in [0.4, 0.5) is 0 Å². The molecule has 0 spiro atoms. The Balaban J connectivity index is 1.57. The van der Waals surface area contributed by atoms with Crippen LogP contribution in [0.5, 0.6) is 0 Å². The van der Waals surface area contributed by atoms with E-state index in [9.17, 15) is 14.4 Å². The van der Waals surface area contributed by atoms with E-state index in [1.807, 2.05) is 12.1 Å². The van der Waals surface area contributed by atoms with Crippen LogP contribution in [0.15, 0.2) is 60.7 Å². The van der Waals surface area contributed by atoms with Crippen molar-refractivity contribution in [1.29, 1.82) is 0 Å². The minimum Gasteiger partial charge on any atom is -0.475 e. The molecular formula is C26H30O5Si. The Morgan fingerprint density at radius 1 is 0.906 bits per heavy atom. The van der Waals surface area contributed by atoms with Crippen molar-refractivity contribution in [2.75, 3.05) is 0 Å². The smallest absolute Gasteiger partial charge is 0.372 e. The van der Waals surface area contributed by atoms with Crippen LogP contribution in [0.3, 0.4) is 0 Å². The van der Waals surface area contributed by atoms with Crippen molar-refractivity contribution < 1.29 is 23.9 Å². The van der Waals surface area contributed by atoms with Crippen molar-refractivity contribution in [3.8, 4) is 0 Å². The van der Waals surface area contributed by atoms with Gasteiger partial charge in [-0.1, -0.05) is 81.4 Å². The summed E-state index contributed by atoms with van der Waals surface area (Å²) in [6, 6.07) is 21.0. The molecule has 32 heavy (non-hydrogen) atoms. The molecule has 0 heterocycles. The lowest BCUT2D eigenvalue weighted by molar-refractivity contribution is -0.150. The maximum Gasteiger partial charge on any atom is 0.372 e. The second-order valence-electron chi connectivity index (χ2n) is 10.1. The Labute approximate surface area is 189 Å². The van der Waals surface area contributed by atoms with E-state index in [0.29, 0.717) is 0 Å². The number of Topliss-reactive ketones (excluding diaryl/α,β-unsaturated/α-hetero) is 2. The van der Waals surface area contributed by atoms with Gasteiger partial charge in [-0.15, -0.1) is 0 Å². The number of fused-ring (bicyclic) bond motifs is 1. The molecule has 2 unspecified atom stereocenters. The van der Waals surface area contributed by atoms with Crippen LogP contribution in [-0.4, -0.2) is 37.1 Å². The zero-order chi connectivity index (χ0) is 23.1. The van der Waals surface area contributed by atoms with Gasteiger partial charge in [-0.25, -0.2) is 4.79 Å². The minimum atomic E-state index is -2.63. The zero-order valence-electron chi connectivity index (χ0n) is 18.8. The molecule has 2 aliphatic carbocycles. The van der Waals surface area contributed by atoms with Gasteiger partial charge >= 0.3 is 5.97 Å². The van der Waals surface area contributed by atoms with Crippen molar-refractivity contribution in [3.05, 3.63) is 60.7 Å². The van der Waals surface area contributed by atoms with E-state index < -0.39 is 26.5 Å². The van der Waals surface area contributed by atoms with Gasteiger partial charge in [-0.2, -0.15) is 0 Å². The largest absolute Gasteiger partial charge is 0.475 e. The van der Waals surface area contributed by atoms with Gasteiger partial charge in [0.25, 0.3) is 8.32 Å². The molecule has 0 amide bonds. The normalized spacial score (nSPS) is 24.6. The summed E-state index contributed by atoms with van der Waals surface area (Å²) in [5.74, 6) is -2.55. The SMILES string of the molecule is CC(C)(C)[Si](OC1CC2C(C1)C2C(=O)CC(=O)C(=O)O)(c1ccccc1)c1ccccc1. The van der Waals surface area contributed by atoms with E-state index in [1.165, 1.54) is 10.4 Å². The first kappa shape index (κ1) is 22.6. The average Bonchev–Trinajstić information content (AvgIpc) is 3.27. The van der Waals surface area contributed by atoms with E-state index in [-0.39, 0.29) is 34.7 Å². The van der Waals surface area contributed by atoms with E-state index >= 15 is 0 Å². The molecule has 2 aromatic rings. The highest BCUT2D eigenvalue weighted by molar-refractivity contribution is 6.99.